The largest absolute Gasteiger partial charge is 0.465 e. The highest BCUT2D eigenvalue weighted by Crippen LogP contribution is 2.28. The number of hydrogen-bond acceptors (Lipinski definition) is 8. The molecule has 2 amide bonds. The van der Waals surface area contributed by atoms with E-state index >= 15 is 0 Å². The molecule has 0 aliphatic rings. The number of aromatic nitrogens is 1. The Balaban J connectivity index is 3.33. The van der Waals surface area contributed by atoms with E-state index in [4.69, 9.17) is 14.2 Å². The molecule has 0 aliphatic carbocycles. The van der Waals surface area contributed by atoms with Gasteiger partial charge in [-0.15, -0.1) is 0 Å². The standard InChI is InChI=1S/C23H36N2O7/c1-10-30-18(27)23(9,14-26)12-16-11-15(2)17(24-13-16)25(19(28)31-21(3,4)5)20(29)32-22(6,7)8/h11,13,26H,10,12,14H2,1-9H3. The quantitative estimate of drug-likeness (QED) is 0.505. The number of esters is 1. The summed E-state index contributed by atoms with van der Waals surface area (Å²) in [5.41, 5.74) is -1.71. The van der Waals surface area contributed by atoms with Gasteiger partial charge in [0.15, 0.2) is 5.82 Å². The number of pyridine rings is 1. The summed E-state index contributed by atoms with van der Waals surface area (Å²) in [6, 6.07) is 1.69. The van der Waals surface area contributed by atoms with Gasteiger partial charge >= 0.3 is 18.2 Å². The summed E-state index contributed by atoms with van der Waals surface area (Å²) in [5, 5.41) is 9.77. The van der Waals surface area contributed by atoms with Gasteiger partial charge in [-0.2, -0.15) is 4.90 Å². The van der Waals surface area contributed by atoms with Gasteiger partial charge in [0.05, 0.1) is 18.6 Å². The van der Waals surface area contributed by atoms with Crippen LogP contribution in [-0.4, -0.2) is 52.7 Å². The Bertz CT molecular complexity index is 812. The maximum atomic E-state index is 12.8. The molecule has 9 heteroatoms. The highest BCUT2D eigenvalue weighted by molar-refractivity contribution is 6.09. The van der Waals surface area contributed by atoms with Crippen molar-refractivity contribution < 1.29 is 33.7 Å². The van der Waals surface area contributed by atoms with Crippen LogP contribution in [0.15, 0.2) is 12.3 Å². The Morgan fingerprint density at radius 1 is 1.00 bits per heavy atom. The number of rotatable bonds is 6. The van der Waals surface area contributed by atoms with Gasteiger partial charge in [0.2, 0.25) is 0 Å². The summed E-state index contributed by atoms with van der Waals surface area (Å²) in [4.78, 5) is 43.0. The number of carbonyl (C=O) groups excluding carboxylic acids is 3. The molecule has 1 atom stereocenters. The van der Waals surface area contributed by atoms with E-state index in [0.29, 0.717) is 11.1 Å². The van der Waals surface area contributed by atoms with Gasteiger partial charge in [-0.25, -0.2) is 14.6 Å². The fourth-order valence-electron chi connectivity index (χ4n) is 2.77. The topological polar surface area (TPSA) is 115 Å². The zero-order chi connectivity index (χ0) is 24.9. The van der Waals surface area contributed by atoms with Crippen molar-refractivity contribution in [2.75, 3.05) is 18.1 Å². The van der Waals surface area contributed by atoms with Crippen molar-refractivity contribution >= 4 is 24.0 Å². The first-order valence-corrected chi connectivity index (χ1v) is 10.5. The predicted molar refractivity (Wildman–Crippen MR) is 119 cm³/mol. The van der Waals surface area contributed by atoms with Crippen LogP contribution in [0.2, 0.25) is 0 Å². The summed E-state index contributed by atoms with van der Waals surface area (Å²) in [6.07, 6.45) is -0.226. The SMILES string of the molecule is CCOC(=O)C(C)(CO)Cc1cnc(N(C(=O)OC(C)(C)C)C(=O)OC(C)(C)C)c(C)c1. The van der Waals surface area contributed by atoms with E-state index in [0.717, 1.165) is 4.90 Å². The Kier molecular flexibility index (Phi) is 8.80. The summed E-state index contributed by atoms with van der Waals surface area (Å²) in [5.74, 6) is -0.465. The van der Waals surface area contributed by atoms with E-state index in [1.165, 1.54) is 6.20 Å². The van der Waals surface area contributed by atoms with Crippen LogP contribution in [0.25, 0.3) is 0 Å². The van der Waals surface area contributed by atoms with Crippen LogP contribution < -0.4 is 4.90 Å². The minimum atomic E-state index is -1.15. The fraction of sp³-hybridized carbons (Fsp3) is 0.652. The van der Waals surface area contributed by atoms with Crippen LogP contribution in [0.4, 0.5) is 15.4 Å². The van der Waals surface area contributed by atoms with Crippen molar-refractivity contribution in [1.82, 2.24) is 4.98 Å². The molecule has 1 aromatic rings. The van der Waals surface area contributed by atoms with Gasteiger partial charge in [-0.1, -0.05) is 6.07 Å². The summed E-state index contributed by atoms with van der Waals surface area (Å²) >= 11 is 0. The van der Waals surface area contributed by atoms with Crippen molar-refractivity contribution in [2.24, 2.45) is 5.41 Å². The zero-order valence-corrected chi connectivity index (χ0v) is 20.6. The molecule has 0 fully saturated rings. The Morgan fingerprint density at radius 2 is 1.50 bits per heavy atom. The number of aryl methyl sites for hydroxylation is 1. The Labute approximate surface area is 190 Å². The van der Waals surface area contributed by atoms with Crippen LogP contribution in [0.5, 0.6) is 0 Å². The second kappa shape index (κ2) is 10.3. The minimum absolute atomic E-state index is 0.0547. The molecule has 1 unspecified atom stereocenters. The summed E-state index contributed by atoms with van der Waals surface area (Å²) in [6.45, 7) is 14.9. The summed E-state index contributed by atoms with van der Waals surface area (Å²) in [7, 11) is 0. The van der Waals surface area contributed by atoms with E-state index in [9.17, 15) is 19.5 Å². The first-order valence-electron chi connectivity index (χ1n) is 10.5. The molecule has 180 valence electrons. The number of carbonyl (C=O) groups is 3. The second-order valence-electron chi connectivity index (χ2n) is 9.90. The van der Waals surface area contributed by atoms with Gasteiger partial charge in [0, 0.05) is 6.20 Å². The van der Waals surface area contributed by atoms with Gasteiger partial charge in [-0.05, 0) is 79.9 Å². The van der Waals surface area contributed by atoms with Crippen molar-refractivity contribution in [1.29, 1.82) is 0 Å². The maximum absolute atomic E-state index is 12.8. The van der Waals surface area contributed by atoms with Crippen molar-refractivity contribution in [2.45, 2.75) is 79.9 Å². The van der Waals surface area contributed by atoms with E-state index in [1.54, 1.807) is 68.4 Å². The first kappa shape index (κ1) is 27.4. The van der Waals surface area contributed by atoms with Crippen molar-refractivity contribution in [3.05, 3.63) is 23.4 Å². The van der Waals surface area contributed by atoms with Crippen LogP contribution in [0.1, 0.15) is 66.5 Å². The summed E-state index contributed by atoms with van der Waals surface area (Å²) < 4.78 is 15.8. The first-order chi connectivity index (χ1) is 14.5. The lowest BCUT2D eigenvalue weighted by Gasteiger charge is -2.29. The van der Waals surface area contributed by atoms with Gasteiger partial charge in [0.25, 0.3) is 0 Å². The molecule has 0 spiro atoms. The number of nitrogens with zero attached hydrogens (tertiary/aromatic N) is 2. The molecular formula is C23H36N2O7. The van der Waals surface area contributed by atoms with Gasteiger partial charge in [0.1, 0.15) is 11.2 Å². The number of imide groups is 1. The molecule has 1 aromatic heterocycles. The minimum Gasteiger partial charge on any atom is -0.465 e. The highest BCUT2D eigenvalue weighted by atomic mass is 16.6. The van der Waals surface area contributed by atoms with Crippen molar-refractivity contribution in [3.63, 3.8) is 0 Å². The van der Waals surface area contributed by atoms with Crippen LogP contribution in [0, 0.1) is 12.3 Å². The number of anilines is 1. The van der Waals surface area contributed by atoms with Gasteiger partial charge < -0.3 is 19.3 Å². The third kappa shape index (κ3) is 7.78. The molecule has 0 aromatic carbocycles. The lowest BCUT2D eigenvalue weighted by Crippen LogP contribution is -2.44. The molecule has 9 nitrogen and oxygen atoms in total. The molecule has 32 heavy (non-hydrogen) atoms. The molecule has 0 saturated heterocycles. The van der Waals surface area contributed by atoms with E-state index in [1.807, 2.05) is 0 Å². The van der Waals surface area contributed by atoms with E-state index in [-0.39, 0.29) is 18.8 Å². The normalized spacial score (nSPS) is 13.7. The molecule has 1 rings (SSSR count). The van der Waals surface area contributed by atoms with Crippen LogP contribution >= 0.6 is 0 Å². The third-order valence-electron chi connectivity index (χ3n) is 4.18. The Hall–Kier alpha value is -2.68. The van der Waals surface area contributed by atoms with E-state index in [2.05, 4.69) is 4.98 Å². The number of aliphatic hydroxyl groups excluding tert-OH is 1. The van der Waals surface area contributed by atoms with Crippen LogP contribution in [0.3, 0.4) is 0 Å². The number of hydrogen-bond donors (Lipinski definition) is 1. The van der Waals surface area contributed by atoms with Crippen LogP contribution in [-0.2, 0) is 25.4 Å². The average Bonchev–Trinajstić information content (AvgIpc) is 2.60. The molecule has 0 saturated carbocycles. The number of aliphatic hydroxyl groups is 1. The second-order valence-corrected chi connectivity index (χ2v) is 9.90. The Morgan fingerprint density at radius 3 is 1.88 bits per heavy atom. The fourth-order valence-corrected chi connectivity index (χ4v) is 2.77. The molecule has 1 N–H and O–H groups in total. The predicted octanol–water partition coefficient (Wildman–Crippen LogP) is 4.17. The lowest BCUT2D eigenvalue weighted by atomic mass is 9.84. The third-order valence-corrected chi connectivity index (χ3v) is 4.18. The van der Waals surface area contributed by atoms with Crippen molar-refractivity contribution in [3.8, 4) is 0 Å². The molecule has 0 bridgehead atoms. The maximum Gasteiger partial charge on any atom is 0.425 e. The van der Waals surface area contributed by atoms with E-state index < -0.39 is 41.4 Å². The lowest BCUT2D eigenvalue weighted by molar-refractivity contribution is -0.156. The molecular weight excluding hydrogens is 416 g/mol. The highest BCUT2D eigenvalue weighted by Gasteiger charge is 2.36. The van der Waals surface area contributed by atoms with Gasteiger partial charge in [-0.3, -0.25) is 4.79 Å². The number of amides is 2. The molecule has 0 radical (unpaired) electrons. The number of ether oxygens (including phenoxy) is 3. The average molecular weight is 453 g/mol. The zero-order valence-electron chi connectivity index (χ0n) is 20.6. The molecule has 1 heterocycles. The molecule has 0 aliphatic heterocycles. The smallest absolute Gasteiger partial charge is 0.425 e. The monoisotopic (exact) mass is 452 g/mol.